The van der Waals surface area contributed by atoms with Crippen molar-refractivity contribution in [3.63, 3.8) is 0 Å². The average molecular weight is 257 g/mol. The van der Waals surface area contributed by atoms with Crippen LogP contribution < -0.4 is 5.32 Å². The Kier molecular flexibility index (Phi) is 5.28. The van der Waals surface area contributed by atoms with Crippen LogP contribution >= 0.6 is 0 Å². The first kappa shape index (κ1) is 13.8. The highest BCUT2D eigenvalue weighted by molar-refractivity contribution is 7.84. The predicted octanol–water partition coefficient (Wildman–Crippen LogP) is 1.63. The van der Waals surface area contributed by atoms with Gasteiger partial charge in [-0.25, -0.2) is 4.39 Å². The molecule has 0 aliphatic heterocycles. The van der Waals surface area contributed by atoms with E-state index in [0.29, 0.717) is 18.7 Å². The SMILES string of the molecule is Cc1ccc(C(=O)NCCCS(C)=O)c(F)c1. The average Bonchev–Trinajstić information content (AvgIpc) is 2.23. The van der Waals surface area contributed by atoms with Gasteiger partial charge in [0.1, 0.15) is 5.82 Å². The molecule has 3 nitrogen and oxygen atoms in total. The van der Waals surface area contributed by atoms with Crippen molar-refractivity contribution < 1.29 is 13.4 Å². The van der Waals surface area contributed by atoms with E-state index in [1.807, 2.05) is 0 Å². The van der Waals surface area contributed by atoms with Gasteiger partial charge in [0.2, 0.25) is 0 Å². The molecule has 0 saturated carbocycles. The Labute approximate surface area is 103 Å². The van der Waals surface area contributed by atoms with Crippen LogP contribution in [0.25, 0.3) is 0 Å². The van der Waals surface area contributed by atoms with Gasteiger partial charge in [0, 0.05) is 29.4 Å². The molecule has 0 heterocycles. The van der Waals surface area contributed by atoms with Crippen LogP contribution in [0.3, 0.4) is 0 Å². The summed E-state index contributed by atoms with van der Waals surface area (Å²) in [6.45, 7) is 2.17. The van der Waals surface area contributed by atoms with Gasteiger partial charge in [-0.1, -0.05) is 6.07 Å². The van der Waals surface area contributed by atoms with E-state index in [9.17, 15) is 13.4 Å². The standard InChI is InChI=1S/C12H16FNO2S/c1-9-4-5-10(11(13)8-9)12(15)14-6-3-7-17(2)16/h4-5,8H,3,6-7H2,1-2H3,(H,14,15). The quantitative estimate of drug-likeness (QED) is 0.815. The number of hydrogen-bond donors (Lipinski definition) is 1. The van der Waals surface area contributed by atoms with E-state index in [-0.39, 0.29) is 5.56 Å². The van der Waals surface area contributed by atoms with Gasteiger partial charge in [-0.3, -0.25) is 9.00 Å². The van der Waals surface area contributed by atoms with Gasteiger partial charge in [0.25, 0.3) is 5.91 Å². The molecule has 1 unspecified atom stereocenters. The van der Waals surface area contributed by atoms with Gasteiger partial charge in [0.15, 0.2) is 0 Å². The molecule has 0 radical (unpaired) electrons. The topological polar surface area (TPSA) is 46.2 Å². The number of amides is 1. The van der Waals surface area contributed by atoms with Crippen LogP contribution in [0.2, 0.25) is 0 Å². The summed E-state index contributed by atoms with van der Waals surface area (Å²) in [6, 6.07) is 4.49. The molecule has 0 spiro atoms. The molecule has 0 saturated heterocycles. The molecule has 0 aliphatic carbocycles. The first-order chi connectivity index (χ1) is 8.00. The van der Waals surface area contributed by atoms with Gasteiger partial charge < -0.3 is 5.32 Å². The molecule has 1 aromatic carbocycles. The lowest BCUT2D eigenvalue weighted by Crippen LogP contribution is -2.26. The van der Waals surface area contributed by atoms with E-state index in [1.165, 1.54) is 12.1 Å². The lowest BCUT2D eigenvalue weighted by atomic mass is 10.1. The highest BCUT2D eigenvalue weighted by atomic mass is 32.2. The molecule has 0 aliphatic rings. The maximum absolute atomic E-state index is 13.4. The number of rotatable bonds is 5. The molecule has 94 valence electrons. The molecule has 0 fully saturated rings. The zero-order chi connectivity index (χ0) is 12.8. The summed E-state index contributed by atoms with van der Waals surface area (Å²) in [5.74, 6) is -0.401. The summed E-state index contributed by atoms with van der Waals surface area (Å²) in [5.41, 5.74) is 0.827. The fraction of sp³-hybridized carbons (Fsp3) is 0.417. The fourth-order valence-corrected chi connectivity index (χ4v) is 1.93. The number of benzene rings is 1. The monoisotopic (exact) mass is 257 g/mol. The van der Waals surface area contributed by atoms with Crippen LogP contribution in [-0.2, 0) is 10.8 Å². The van der Waals surface area contributed by atoms with Gasteiger partial charge >= 0.3 is 0 Å². The van der Waals surface area contributed by atoms with E-state index < -0.39 is 22.5 Å². The molecule has 1 N–H and O–H groups in total. The molecule has 0 aromatic heterocycles. The smallest absolute Gasteiger partial charge is 0.254 e. The number of carbonyl (C=O) groups excluding carboxylic acids is 1. The molecular weight excluding hydrogens is 241 g/mol. The zero-order valence-electron chi connectivity index (χ0n) is 9.96. The van der Waals surface area contributed by atoms with Crippen molar-refractivity contribution in [2.24, 2.45) is 0 Å². The summed E-state index contributed by atoms with van der Waals surface area (Å²) >= 11 is 0. The van der Waals surface area contributed by atoms with Crippen LogP contribution in [0.1, 0.15) is 22.3 Å². The van der Waals surface area contributed by atoms with Gasteiger partial charge in [-0.05, 0) is 31.0 Å². The Balaban J connectivity index is 2.50. The Morgan fingerprint density at radius 1 is 1.47 bits per heavy atom. The first-order valence-electron chi connectivity index (χ1n) is 5.35. The van der Waals surface area contributed by atoms with E-state index in [4.69, 9.17) is 0 Å². The second-order valence-corrected chi connectivity index (χ2v) is 5.42. The Hall–Kier alpha value is -1.23. The van der Waals surface area contributed by atoms with Crippen LogP contribution in [0, 0.1) is 12.7 Å². The molecule has 1 amide bonds. The normalized spacial score (nSPS) is 12.2. The van der Waals surface area contributed by atoms with Crippen LogP contribution in [-0.4, -0.2) is 28.7 Å². The summed E-state index contributed by atoms with van der Waals surface area (Å²) in [6.07, 6.45) is 2.24. The van der Waals surface area contributed by atoms with Crippen LogP contribution in [0.5, 0.6) is 0 Å². The van der Waals surface area contributed by atoms with Crippen LogP contribution in [0.4, 0.5) is 4.39 Å². The molecular formula is C12H16FNO2S. The molecule has 1 aromatic rings. The third-order valence-electron chi connectivity index (χ3n) is 2.26. The highest BCUT2D eigenvalue weighted by Crippen LogP contribution is 2.09. The van der Waals surface area contributed by atoms with Gasteiger partial charge in [-0.15, -0.1) is 0 Å². The minimum absolute atomic E-state index is 0.0493. The van der Waals surface area contributed by atoms with Crippen molar-refractivity contribution in [1.29, 1.82) is 0 Å². The minimum atomic E-state index is -0.858. The fourth-order valence-electron chi connectivity index (χ4n) is 1.38. The minimum Gasteiger partial charge on any atom is -0.352 e. The van der Waals surface area contributed by atoms with Crippen molar-refractivity contribution in [3.8, 4) is 0 Å². The van der Waals surface area contributed by atoms with Crippen molar-refractivity contribution in [2.45, 2.75) is 13.3 Å². The Bertz CT molecular complexity index is 435. The van der Waals surface area contributed by atoms with Crippen LogP contribution in [0.15, 0.2) is 18.2 Å². The predicted molar refractivity (Wildman–Crippen MR) is 67.0 cm³/mol. The van der Waals surface area contributed by atoms with E-state index in [0.717, 1.165) is 5.56 Å². The summed E-state index contributed by atoms with van der Waals surface area (Å²) in [7, 11) is -0.858. The Morgan fingerprint density at radius 2 is 2.18 bits per heavy atom. The number of carbonyl (C=O) groups is 1. The molecule has 1 atom stereocenters. The van der Waals surface area contributed by atoms with Crippen molar-refractivity contribution in [3.05, 3.63) is 35.1 Å². The zero-order valence-corrected chi connectivity index (χ0v) is 10.8. The lowest BCUT2D eigenvalue weighted by Gasteiger charge is -2.06. The maximum atomic E-state index is 13.4. The van der Waals surface area contributed by atoms with E-state index >= 15 is 0 Å². The largest absolute Gasteiger partial charge is 0.352 e. The summed E-state index contributed by atoms with van der Waals surface area (Å²) in [5, 5.41) is 2.60. The summed E-state index contributed by atoms with van der Waals surface area (Å²) in [4.78, 5) is 11.6. The third-order valence-corrected chi connectivity index (χ3v) is 3.13. The lowest BCUT2D eigenvalue weighted by molar-refractivity contribution is 0.0949. The molecule has 0 bridgehead atoms. The highest BCUT2D eigenvalue weighted by Gasteiger charge is 2.10. The molecule has 5 heteroatoms. The first-order valence-corrected chi connectivity index (χ1v) is 7.08. The second-order valence-electron chi connectivity index (χ2n) is 3.87. The summed E-state index contributed by atoms with van der Waals surface area (Å²) < 4.78 is 24.2. The maximum Gasteiger partial charge on any atom is 0.254 e. The third kappa shape index (κ3) is 4.65. The van der Waals surface area contributed by atoms with E-state index in [2.05, 4.69) is 5.32 Å². The number of nitrogens with one attached hydrogen (secondary N) is 1. The number of hydrogen-bond acceptors (Lipinski definition) is 2. The second kappa shape index (κ2) is 6.49. The van der Waals surface area contributed by atoms with Gasteiger partial charge in [0.05, 0.1) is 5.56 Å². The van der Waals surface area contributed by atoms with Crippen molar-refractivity contribution in [1.82, 2.24) is 5.32 Å². The van der Waals surface area contributed by atoms with Gasteiger partial charge in [-0.2, -0.15) is 0 Å². The van der Waals surface area contributed by atoms with Crippen molar-refractivity contribution in [2.75, 3.05) is 18.6 Å². The molecule has 17 heavy (non-hydrogen) atoms. The van der Waals surface area contributed by atoms with Crippen molar-refractivity contribution >= 4 is 16.7 Å². The molecule has 1 rings (SSSR count). The Morgan fingerprint density at radius 3 is 2.76 bits per heavy atom. The number of aryl methyl sites for hydroxylation is 1. The number of halogens is 1. The van der Waals surface area contributed by atoms with E-state index in [1.54, 1.807) is 19.2 Å².